The maximum absolute atomic E-state index is 12.4. The number of carboxylic acid groups (broad SMARTS) is 1. The number of likely N-dealkylation sites (tertiary alicyclic amines) is 1. The fourth-order valence-electron chi connectivity index (χ4n) is 3.30. The molecule has 0 spiro atoms. The summed E-state index contributed by atoms with van der Waals surface area (Å²) in [4.78, 5) is 25.1. The number of β-amino-alcohol motifs (C(OH)–C–C–N with tert-alkyl or cyclic N) is 1. The van der Waals surface area contributed by atoms with Crippen molar-refractivity contribution in [3.8, 4) is 11.5 Å². The molecule has 0 aromatic heterocycles. The van der Waals surface area contributed by atoms with Crippen LogP contribution in [0.25, 0.3) is 0 Å². The minimum absolute atomic E-state index is 0.129. The molecule has 2 aromatic carbocycles. The molecule has 31 heavy (non-hydrogen) atoms. The molecule has 8 nitrogen and oxygen atoms in total. The van der Waals surface area contributed by atoms with E-state index in [9.17, 15) is 14.7 Å². The highest BCUT2D eigenvalue weighted by molar-refractivity contribution is 5.92. The quantitative estimate of drug-likeness (QED) is 0.499. The first-order valence-electron chi connectivity index (χ1n) is 10.4. The van der Waals surface area contributed by atoms with Crippen molar-refractivity contribution >= 4 is 17.6 Å². The third-order valence-corrected chi connectivity index (χ3v) is 4.97. The molecule has 3 rings (SSSR count). The summed E-state index contributed by atoms with van der Waals surface area (Å²) in [6, 6.07) is 13.3. The molecule has 2 atom stereocenters. The van der Waals surface area contributed by atoms with Gasteiger partial charge in [-0.25, -0.2) is 4.79 Å². The normalized spacial score (nSPS) is 18.5. The zero-order chi connectivity index (χ0) is 22.2. The average molecular weight is 428 g/mol. The van der Waals surface area contributed by atoms with Crippen LogP contribution in [-0.4, -0.2) is 65.4 Å². The van der Waals surface area contributed by atoms with E-state index in [0.29, 0.717) is 31.1 Å². The molecule has 0 saturated carbocycles. The number of aromatic carboxylic acids is 1. The summed E-state index contributed by atoms with van der Waals surface area (Å²) in [5, 5.41) is 22.1. The smallest absolute Gasteiger partial charge is 0.335 e. The van der Waals surface area contributed by atoms with E-state index < -0.39 is 18.2 Å². The minimum Gasteiger partial charge on any atom is -0.494 e. The number of amides is 1. The van der Waals surface area contributed by atoms with Gasteiger partial charge in [-0.3, -0.25) is 9.69 Å². The first-order valence-corrected chi connectivity index (χ1v) is 10.4. The van der Waals surface area contributed by atoms with Crippen LogP contribution in [-0.2, 0) is 4.79 Å². The van der Waals surface area contributed by atoms with E-state index in [-0.39, 0.29) is 18.0 Å². The number of aliphatic hydroxyl groups excluding tert-OH is 1. The number of unbranched alkanes of at least 4 members (excludes halogenated alkanes) is 1. The van der Waals surface area contributed by atoms with E-state index in [1.807, 2.05) is 17.0 Å². The van der Waals surface area contributed by atoms with Gasteiger partial charge in [0, 0.05) is 18.8 Å². The van der Waals surface area contributed by atoms with Gasteiger partial charge >= 0.3 is 5.97 Å². The van der Waals surface area contributed by atoms with Crippen molar-refractivity contribution in [3.63, 3.8) is 0 Å². The maximum Gasteiger partial charge on any atom is 0.335 e. The lowest BCUT2D eigenvalue weighted by molar-refractivity contribution is -0.117. The molecule has 1 heterocycles. The Balaban J connectivity index is 1.46. The number of hydrogen-bond donors (Lipinski definition) is 3. The van der Waals surface area contributed by atoms with Crippen molar-refractivity contribution in [1.82, 2.24) is 4.90 Å². The Morgan fingerprint density at radius 1 is 1.06 bits per heavy atom. The predicted molar refractivity (Wildman–Crippen MR) is 116 cm³/mol. The van der Waals surface area contributed by atoms with E-state index in [4.69, 9.17) is 14.6 Å². The van der Waals surface area contributed by atoms with Gasteiger partial charge in [0.15, 0.2) is 0 Å². The molecule has 0 radical (unpaired) electrons. The van der Waals surface area contributed by atoms with Crippen molar-refractivity contribution in [2.24, 2.45) is 0 Å². The van der Waals surface area contributed by atoms with Gasteiger partial charge in [0.25, 0.3) is 0 Å². The summed E-state index contributed by atoms with van der Waals surface area (Å²) in [6.07, 6.45) is 0.829. The molecule has 0 unspecified atom stereocenters. The molecule has 1 aliphatic rings. The minimum atomic E-state index is -1.01. The number of hydrogen-bond acceptors (Lipinski definition) is 6. The number of aliphatic hydroxyl groups is 1. The molecule has 0 aliphatic carbocycles. The highest BCUT2D eigenvalue weighted by Crippen LogP contribution is 2.20. The zero-order valence-electron chi connectivity index (χ0n) is 17.5. The number of nitrogens with zero attached hydrogens (tertiary/aromatic N) is 1. The first-order chi connectivity index (χ1) is 14.9. The van der Waals surface area contributed by atoms with Crippen LogP contribution in [0.3, 0.4) is 0 Å². The standard InChI is InChI=1S/C23H28N2O6/c1-2-3-12-30-18-10-6-17(7-11-18)24-22(27)15-25-13-20(26)21(14-25)31-19-8-4-16(5-9-19)23(28)29/h4-11,20-21,26H,2-3,12-15H2,1H3,(H,24,27)(H,28,29)/t20-,21-/m1/s1. The maximum atomic E-state index is 12.4. The van der Waals surface area contributed by atoms with Gasteiger partial charge in [0.05, 0.1) is 18.7 Å². The number of rotatable bonds is 10. The molecule has 0 bridgehead atoms. The van der Waals surface area contributed by atoms with Crippen LogP contribution in [0.1, 0.15) is 30.1 Å². The number of carboxylic acids is 1. The van der Waals surface area contributed by atoms with Crippen molar-refractivity contribution in [3.05, 3.63) is 54.1 Å². The second-order valence-electron chi connectivity index (χ2n) is 7.52. The average Bonchev–Trinajstić information content (AvgIpc) is 3.08. The molecule has 1 fully saturated rings. The molecule has 3 N–H and O–H groups in total. The van der Waals surface area contributed by atoms with Gasteiger partial charge in [0.2, 0.25) is 5.91 Å². The Hall–Kier alpha value is -3.10. The Morgan fingerprint density at radius 2 is 1.74 bits per heavy atom. The van der Waals surface area contributed by atoms with Crippen LogP contribution < -0.4 is 14.8 Å². The number of nitrogens with one attached hydrogen (secondary N) is 1. The van der Waals surface area contributed by atoms with Crippen molar-refractivity contribution < 1.29 is 29.3 Å². The monoisotopic (exact) mass is 428 g/mol. The van der Waals surface area contributed by atoms with Crippen LogP contribution in [0, 0.1) is 0 Å². The van der Waals surface area contributed by atoms with Crippen molar-refractivity contribution in [2.45, 2.75) is 32.0 Å². The lowest BCUT2D eigenvalue weighted by Gasteiger charge is -2.17. The molecule has 2 aromatic rings. The van der Waals surface area contributed by atoms with Gasteiger partial charge in [-0.1, -0.05) is 13.3 Å². The Labute approximate surface area is 181 Å². The third-order valence-electron chi connectivity index (χ3n) is 4.97. The summed E-state index contributed by atoms with van der Waals surface area (Å²) in [5.74, 6) is 0.0497. The second kappa shape index (κ2) is 10.8. The van der Waals surface area contributed by atoms with Gasteiger partial charge < -0.3 is 25.0 Å². The van der Waals surface area contributed by atoms with Crippen molar-refractivity contribution in [1.29, 1.82) is 0 Å². The SMILES string of the molecule is CCCCOc1ccc(NC(=O)CN2C[C@@H](O)[C@H](Oc3ccc(C(=O)O)cc3)C2)cc1. The summed E-state index contributed by atoms with van der Waals surface area (Å²) in [7, 11) is 0. The third kappa shape index (κ3) is 6.70. The Kier molecular flexibility index (Phi) is 7.86. The number of ether oxygens (including phenoxy) is 2. The van der Waals surface area contributed by atoms with E-state index in [1.54, 1.807) is 24.3 Å². The van der Waals surface area contributed by atoms with E-state index in [0.717, 1.165) is 18.6 Å². The highest BCUT2D eigenvalue weighted by Gasteiger charge is 2.33. The van der Waals surface area contributed by atoms with Gasteiger partial charge in [0.1, 0.15) is 23.7 Å². The van der Waals surface area contributed by atoms with Crippen LogP contribution in [0.5, 0.6) is 11.5 Å². The summed E-state index contributed by atoms with van der Waals surface area (Å²) < 4.78 is 11.4. The van der Waals surface area contributed by atoms with E-state index in [2.05, 4.69) is 12.2 Å². The van der Waals surface area contributed by atoms with Crippen LogP contribution in [0.4, 0.5) is 5.69 Å². The molecule has 1 amide bonds. The lowest BCUT2D eigenvalue weighted by atomic mass is 10.2. The van der Waals surface area contributed by atoms with Crippen LogP contribution in [0.15, 0.2) is 48.5 Å². The fourth-order valence-corrected chi connectivity index (χ4v) is 3.30. The van der Waals surface area contributed by atoms with Crippen LogP contribution in [0.2, 0.25) is 0 Å². The van der Waals surface area contributed by atoms with Crippen molar-refractivity contribution in [2.75, 3.05) is 31.6 Å². The van der Waals surface area contributed by atoms with Gasteiger partial charge in [-0.05, 0) is 55.0 Å². The zero-order valence-corrected chi connectivity index (χ0v) is 17.5. The fraction of sp³-hybridized carbons (Fsp3) is 0.391. The molecular weight excluding hydrogens is 400 g/mol. The second-order valence-corrected chi connectivity index (χ2v) is 7.52. The number of carbonyl (C=O) groups excluding carboxylic acids is 1. The predicted octanol–water partition coefficient (Wildman–Crippen LogP) is 2.63. The molecule has 166 valence electrons. The van der Waals surface area contributed by atoms with E-state index in [1.165, 1.54) is 12.1 Å². The first kappa shape index (κ1) is 22.6. The Bertz CT molecular complexity index is 869. The molecule has 1 aliphatic heterocycles. The lowest BCUT2D eigenvalue weighted by Crippen LogP contribution is -2.33. The van der Waals surface area contributed by atoms with Gasteiger partial charge in [-0.15, -0.1) is 0 Å². The molecule has 1 saturated heterocycles. The van der Waals surface area contributed by atoms with E-state index >= 15 is 0 Å². The largest absolute Gasteiger partial charge is 0.494 e. The molecular formula is C23H28N2O6. The number of benzene rings is 2. The summed E-state index contributed by atoms with van der Waals surface area (Å²) >= 11 is 0. The highest BCUT2D eigenvalue weighted by atomic mass is 16.5. The topological polar surface area (TPSA) is 108 Å². The summed E-state index contributed by atoms with van der Waals surface area (Å²) in [5.41, 5.74) is 0.845. The Morgan fingerprint density at radius 3 is 2.39 bits per heavy atom. The van der Waals surface area contributed by atoms with Gasteiger partial charge in [-0.2, -0.15) is 0 Å². The van der Waals surface area contributed by atoms with Crippen LogP contribution >= 0.6 is 0 Å². The number of carbonyl (C=O) groups is 2. The molecule has 8 heteroatoms. The summed E-state index contributed by atoms with van der Waals surface area (Å²) in [6.45, 7) is 3.61. The number of anilines is 1.